The van der Waals surface area contributed by atoms with Crippen LogP contribution >= 0.6 is 0 Å². The second kappa shape index (κ2) is 23.2. The molecule has 0 spiro atoms. The zero-order valence-corrected chi connectivity index (χ0v) is 51.9. The van der Waals surface area contributed by atoms with Gasteiger partial charge in [-0.05, 0) is 206 Å². The van der Waals surface area contributed by atoms with Crippen molar-refractivity contribution in [3.05, 3.63) is 165 Å². The van der Waals surface area contributed by atoms with Gasteiger partial charge in [0.1, 0.15) is 0 Å². The second-order valence-electron chi connectivity index (χ2n) is 27.8. The van der Waals surface area contributed by atoms with Crippen molar-refractivity contribution in [3.63, 3.8) is 0 Å². The van der Waals surface area contributed by atoms with Gasteiger partial charge in [0.2, 0.25) is 0 Å². The molecule has 3 aliphatic carbocycles. The van der Waals surface area contributed by atoms with E-state index in [0.717, 1.165) is 0 Å². The highest BCUT2D eigenvalue weighted by atomic mass is 15.2. The summed E-state index contributed by atoms with van der Waals surface area (Å²) in [5, 5.41) is 0. The van der Waals surface area contributed by atoms with Crippen LogP contribution in [-0.4, -0.2) is 0 Å². The Balaban J connectivity index is 1.38. The second-order valence-corrected chi connectivity index (χ2v) is 27.8. The summed E-state index contributed by atoms with van der Waals surface area (Å²) in [5.74, 6) is 2.85. The molecule has 0 radical (unpaired) electrons. The molecule has 4 unspecified atom stereocenters. The molecule has 0 saturated heterocycles. The molecule has 0 aromatic heterocycles. The molecule has 0 heterocycles. The highest BCUT2D eigenvalue weighted by Crippen LogP contribution is 2.72. The first-order valence-electron chi connectivity index (χ1n) is 31.4. The lowest BCUT2D eigenvalue weighted by atomic mass is 9.37. The summed E-state index contributed by atoms with van der Waals surface area (Å²) in [6.07, 6.45) is 20.9. The van der Waals surface area contributed by atoms with E-state index in [1.807, 2.05) is 0 Å². The Morgan fingerprint density at radius 1 is 0.372 bits per heavy atom. The van der Waals surface area contributed by atoms with Crippen LogP contribution in [0.3, 0.4) is 0 Å². The number of hydrogen-bond donors (Lipinski definition) is 0. The van der Waals surface area contributed by atoms with Gasteiger partial charge in [0.05, 0.1) is 11.4 Å². The lowest BCUT2D eigenvalue weighted by Crippen LogP contribution is -2.62. The van der Waals surface area contributed by atoms with Crippen LogP contribution in [0.2, 0.25) is 0 Å². The quantitative estimate of drug-likeness (QED) is 0.0846. The summed E-state index contributed by atoms with van der Waals surface area (Å²) >= 11 is 0. The molecule has 0 N–H and O–H groups in total. The molecular weight excluding hydrogens is 941 g/mol. The van der Waals surface area contributed by atoms with E-state index in [4.69, 9.17) is 0 Å². The van der Waals surface area contributed by atoms with Crippen molar-refractivity contribution in [1.82, 2.24) is 0 Å². The Kier molecular flexibility index (Phi) is 17.1. The molecule has 6 aromatic carbocycles. The van der Waals surface area contributed by atoms with Gasteiger partial charge in [0, 0.05) is 33.6 Å². The van der Waals surface area contributed by atoms with Gasteiger partial charge in [-0.1, -0.05) is 218 Å². The summed E-state index contributed by atoms with van der Waals surface area (Å²) in [6.45, 7) is 37.8. The van der Waals surface area contributed by atoms with E-state index in [1.165, 1.54) is 192 Å². The zero-order valence-electron chi connectivity index (χ0n) is 51.9. The molecule has 2 saturated carbocycles. The first-order chi connectivity index (χ1) is 37.2. The Hall–Kier alpha value is -5.08. The first-order valence-corrected chi connectivity index (χ1v) is 31.4. The van der Waals surface area contributed by atoms with Gasteiger partial charge >= 0.3 is 0 Å². The van der Waals surface area contributed by atoms with Gasteiger partial charge in [0.25, 0.3) is 0 Å². The Morgan fingerprint density at radius 3 is 0.897 bits per heavy atom. The molecule has 3 aliphatic rings. The van der Waals surface area contributed by atoms with Crippen molar-refractivity contribution in [2.45, 2.75) is 235 Å². The van der Waals surface area contributed by atoms with Crippen LogP contribution < -0.4 is 9.80 Å². The van der Waals surface area contributed by atoms with Crippen LogP contribution in [0.25, 0.3) is 11.1 Å². The van der Waals surface area contributed by atoms with Crippen LogP contribution in [0.1, 0.15) is 228 Å². The maximum absolute atomic E-state index is 2.80. The van der Waals surface area contributed by atoms with Crippen LogP contribution in [0.15, 0.2) is 109 Å². The molecular formula is C76H102N2. The van der Waals surface area contributed by atoms with Crippen LogP contribution in [-0.2, 0) is 21.7 Å². The topological polar surface area (TPSA) is 6.48 Å². The molecule has 2 nitrogen and oxygen atoms in total. The zero-order chi connectivity index (χ0) is 55.9. The number of hydrogen-bond acceptors (Lipinski definition) is 2. The van der Waals surface area contributed by atoms with Crippen molar-refractivity contribution in [2.75, 3.05) is 9.80 Å². The number of nitrogens with zero attached hydrogens (tertiary/aromatic N) is 2. The molecule has 78 heavy (non-hydrogen) atoms. The van der Waals surface area contributed by atoms with Gasteiger partial charge < -0.3 is 9.80 Å². The minimum Gasteiger partial charge on any atom is -0.310 e. The molecule has 2 heteroatoms. The monoisotopic (exact) mass is 1040 g/mol. The third kappa shape index (κ3) is 11.0. The molecule has 2 fully saturated rings. The fourth-order valence-electron chi connectivity index (χ4n) is 15.9. The van der Waals surface area contributed by atoms with E-state index in [2.05, 4.69) is 230 Å². The molecule has 416 valence electrons. The van der Waals surface area contributed by atoms with Crippen molar-refractivity contribution < 1.29 is 0 Å². The number of benzene rings is 6. The number of fused-ring (bicyclic) bond motifs is 3. The minimum absolute atomic E-state index is 0.0137. The highest BCUT2D eigenvalue weighted by Gasteiger charge is 2.65. The van der Waals surface area contributed by atoms with E-state index in [9.17, 15) is 0 Å². The summed E-state index contributed by atoms with van der Waals surface area (Å²) < 4.78 is 0. The summed E-state index contributed by atoms with van der Waals surface area (Å²) in [7, 11) is 0. The van der Waals surface area contributed by atoms with Gasteiger partial charge in [0.15, 0.2) is 0 Å². The van der Waals surface area contributed by atoms with Gasteiger partial charge in [-0.15, -0.1) is 0 Å². The van der Waals surface area contributed by atoms with Crippen molar-refractivity contribution in [3.8, 4) is 11.1 Å². The molecule has 9 rings (SSSR count). The van der Waals surface area contributed by atoms with E-state index in [0.29, 0.717) is 23.7 Å². The first kappa shape index (κ1) is 57.6. The predicted octanol–water partition coefficient (Wildman–Crippen LogP) is 23.0. The van der Waals surface area contributed by atoms with E-state index < -0.39 is 0 Å². The molecule has 0 aliphatic heterocycles. The summed E-state index contributed by atoms with van der Waals surface area (Å²) in [5.41, 5.74) is 24.9. The minimum atomic E-state index is -0.0137. The number of rotatable bonds is 18. The number of anilines is 6. The highest BCUT2D eigenvalue weighted by molar-refractivity contribution is 5.89. The standard InChI is InChI=1S/C76H102N2/c1-17-21-25-57-47-75-49-59(27-23-19-3)60(28-24-20-4)50-76(75,48-58(57)26-22-18-2)70-46-66(78(64-35-31-52(6)32-36-64)72-55(9)43-62(44-56(72)10)74(14,15)16)38-40-68(70)67-39-37-65(45-69(67)75)77(63-33-29-51(5)30-34-63)71-53(7)41-61(42-54(71)8)73(11,12)13/h29-46,57-60H,17-28,47-50H2,1-16H3. The third-order valence-corrected chi connectivity index (χ3v) is 20.0. The smallest absolute Gasteiger partial charge is 0.0520 e. The lowest BCUT2D eigenvalue weighted by molar-refractivity contribution is -0.0428. The lowest BCUT2D eigenvalue weighted by Gasteiger charge is -2.67. The predicted molar refractivity (Wildman–Crippen MR) is 341 cm³/mol. The van der Waals surface area contributed by atoms with Crippen molar-refractivity contribution in [2.24, 2.45) is 23.7 Å². The average Bonchev–Trinajstić information content (AvgIpc) is 2.36. The normalized spacial score (nSPS) is 21.8. The largest absolute Gasteiger partial charge is 0.310 e. The Bertz CT molecular complexity index is 2740. The van der Waals surface area contributed by atoms with Crippen molar-refractivity contribution in [1.29, 1.82) is 0 Å². The SMILES string of the molecule is CCCCC1CC23CC(CCCC)C(CCCC)CC2(CC1CCCC)c1cc(N(c2ccc(C)cc2)c2c(C)cc(C(C)(C)C)cc2C)ccc1-c1ccc(N(c2ccc(C)cc2)c2c(C)cc(C(C)(C)C)cc2C)cc13. The Morgan fingerprint density at radius 2 is 0.641 bits per heavy atom. The molecule has 4 atom stereocenters. The molecule has 6 aromatic rings. The molecule has 0 bridgehead atoms. The van der Waals surface area contributed by atoms with Gasteiger partial charge in [-0.3, -0.25) is 0 Å². The number of unbranched alkanes of at least 4 members (excludes halogenated alkanes) is 4. The third-order valence-electron chi connectivity index (χ3n) is 20.0. The average molecular weight is 1040 g/mol. The maximum Gasteiger partial charge on any atom is 0.0520 e. The summed E-state index contributed by atoms with van der Waals surface area (Å²) in [6, 6.07) is 44.6. The fraction of sp³-hybridized carbons (Fsp3) is 0.526. The van der Waals surface area contributed by atoms with Crippen molar-refractivity contribution >= 4 is 34.1 Å². The van der Waals surface area contributed by atoms with E-state index >= 15 is 0 Å². The van der Waals surface area contributed by atoms with Gasteiger partial charge in [-0.25, -0.2) is 0 Å². The van der Waals surface area contributed by atoms with Crippen LogP contribution in [0.5, 0.6) is 0 Å². The van der Waals surface area contributed by atoms with E-state index in [1.54, 1.807) is 11.1 Å². The number of aryl methyl sites for hydroxylation is 6. The Labute approximate surface area is 476 Å². The molecule has 0 amide bonds. The van der Waals surface area contributed by atoms with Crippen LogP contribution in [0.4, 0.5) is 34.1 Å². The van der Waals surface area contributed by atoms with Gasteiger partial charge in [-0.2, -0.15) is 0 Å². The van der Waals surface area contributed by atoms with Crippen LogP contribution in [0, 0.1) is 65.2 Å². The fourth-order valence-corrected chi connectivity index (χ4v) is 15.9. The maximum atomic E-state index is 2.80. The summed E-state index contributed by atoms with van der Waals surface area (Å²) in [4.78, 5) is 5.32. The van der Waals surface area contributed by atoms with E-state index in [-0.39, 0.29) is 21.7 Å².